The highest BCUT2D eigenvalue weighted by molar-refractivity contribution is 5.74. The third-order valence-electron chi connectivity index (χ3n) is 26.9. The molecule has 12 aliphatic heterocycles. The second-order valence-electron chi connectivity index (χ2n) is 36.9. The number of hydrogen-bond acceptors (Lipinski definition) is 59. The standard InChI is InChI=1S/C82H138N4O59/c1-20-40(98)52(110)56(114)75(128-20)126-19-35-63(49(107)36(71(119)129-35)83-21(2)93)140-72-37(84-22(3)94)51(109)62(31(14-92)134-72)141-82-70(145-76-55(113)41(99)25(97)15-123-76)68(143-79-57(115)53(111)42(100)26(9-87)132-79)48(106)34(138-82)18-127-81-69(54(112)43(101)27(10-88)133-81)144-73-38(85-23(4)95)50(108)61(30(13-91)135-73)139-74-39(86-24(5)96)64(46(104)32(136-74)16-124-77-58(116)65(120-6)44(102)28(11-89)130-77)142-80-60(118)67(122-8)47(105)33(137-80)17-125-78-59(117)66(121-7)45(103)29(12-90)131-78/h20,25-82,87-92,97-119H,9-19H2,1-8H3,(H,83,93)(H,84,94)(H,85,95)(H,86,96)/t20-,25+,26+,27+,28+,29+,30+,31+,32+,33+,34+,35+,36+,37+,38+,39+,40+,41-,42+,43+,44-,45-,46-,47-,48+,49+,50+,51+,52+,53-,54-,55+,56-,57-,58+,59+,60+,61+,62+,63+,64+,65-,66-,67-,68-,69-,70-,71?,72-,73-,74-,75+,76-,77+,78+,79+,80-,81-,82-/m0/s1. The van der Waals surface area contributed by atoms with E-state index < -0.39 is 458 Å². The predicted molar refractivity (Wildman–Crippen MR) is 448 cm³/mol. The summed E-state index contributed by atoms with van der Waals surface area (Å²) in [6.45, 7) is -6.40. The monoisotopic (exact) mass is 2120 g/mol. The van der Waals surface area contributed by atoms with Crippen molar-refractivity contribution in [3.63, 3.8) is 0 Å². The van der Waals surface area contributed by atoms with Crippen LogP contribution in [0, 0.1) is 0 Å². The molecular formula is C82H138N4O59. The van der Waals surface area contributed by atoms with Gasteiger partial charge in [0.2, 0.25) is 23.6 Å². The lowest BCUT2D eigenvalue weighted by atomic mass is 9.93. The maximum absolute atomic E-state index is 13.6. The van der Waals surface area contributed by atoms with Crippen molar-refractivity contribution in [1.82, 2.24) is 21.3 Å². The molecule has 0 radical (unpaired) electrons. The van der Waals surface area contributed by atoms with Crippen molar-refractivity contribution in [1.29, 1.82) is 0 Å². The zero-order valence-corrected chi connectivity index (χ0v) is 79.1. The molecule has 59 atom stereocenters. The van der Waals surface area contributed by atoms with Gasteiger partial charge < -0.3 is 293 Å². The number of hydrogen-bond donors (Lipinski definition) is 33. The summed E-state index contributed by atoms with van der Waals surface area (Å²) in [6, 6.07) is -7.98. The minimum atomic E-state index is -2.53. The summed E-state index contributed by atoms with van der Waals surface area (Å²) >= 11 is 0. The van der Waals surface area contributed by atoms with Crippen molar-refractivity contribution in [2.45, 2.75) is 397 Å². The van der Waals surface area contributed by atoms with E-state index in [9.17, 15) is 167 Å². The lowest BCUT2D eigenvalue weighted by Crippen LogP contribution is -2.71. The Morgan fingerprint density at radius 3 is 1.01 bits per heavy atom. The topological polar surface area (TPSA) is 943 Å². The molecule has 0 aromatic heterocycles. The molecule has 12 heterocycles. The van der Waals surface area contributed by atoms with Crippen LogP contribution < -0.4 is 21.3 Å². The van der Waals surface area contributed by atoms with E-state index >= 15 is 0 Å². The summed E-state index contributed by atoms with van der Waals surface area (Å²) in [5.74, 6) is -3.91. The van der Waals surface area contributed by atoms with Crippen LogP contribution in [-0.4, -0.2) is 628 Å². The van der Waals surface area contributed by atoms with Gasteiger partial charge in [0.05, 0.1) is 78.8 Å². The highest BCUT2D eigenvalue weighted by atomic mass is 16.8. The highest BCUT2D eigenvalue weighted by Crippen LogP contribution is 2.43. The maximum atomic E-state index is 13.6. The molecule has 12 rings (SSSR count). The van der Waals surface area contributed by atoms with Crippen LogP contribution in [0.2, 0.25) is 0 Å². The van der Waals surface area contributed by atoms with Gasteiger partial charge in [0.1, 0.15) is 281 Å². The number of nitrogens with one attached hydrogen (secondary N) is 4. The molecule has 0 bridgehead atoms. The van der Waals surface area contributed by atoms with E-state index in [0.29, 0.717) is 0 Å². The SMILES string of the molecule is CO[C@H]1[C@@H](O)[C@@H](CO)O[C@@H](OC[C@H]2O[C@@H](O[C@H]3[C@@H](O)[C@@H](CO[C@@H]4O[C@H](CO)[C@H](O)[C@H](OC)[C@H]4O)O[C@@H](O[C@H]4[C@H](O)[C@@H](NC(C)=O)[C@H](O[C@@H]5[C@@H](OC[C@H]6O[C@@H](O[C@H]7[C@H](O)[C@@H](NC(C)=O)[C@H](O[C@H]8[C@H](O)[C@@H](NC(C)=O)C(O)O[C@@H]8CO[C@@H]8O[C@@H](C)[C@@H](O)[C@@H](O)[C@@H]8O)O[C@@H]7CO)[C@@H](O[C@@H]7OC[C@@H](O)[C@H](O)[C@H]7O)[C@@H](O[C@H]7O[C@H](CO)[C@@H](O)[C@H](O)[C@@H]7O)[C@@H]6O)O[C@H](CO)[C@@H](O)[C@@H]5O)O[C@@H]4CO)[C@@H]3NC(C)=O)[C@H](O)[C@@H](OC)[C@H]2O)[C@@H]1O. The average molecular weight is 2120 g/mol. The average Bonchev–Trinajstić information content (AvgIpc) is 0.756. The van der Waals surface area contributed by atoms with Crippen LogP contribution >= 0.6 is 0 Å². The van der Waals surface area contributed by atoms with Crippen molar-refractivity contribution in [3.8, 4) is 0 Å². The molecule has 145 heavy (non-hydrogen) atoms. The number of rotatable bonds is 39. The molecule has 63 nitrogen and oxygen atoms in total. The molecule has 12 fully saturated rings. The number of carbonyl (C=O) groups is 4. The first-order valence-corrected chi connectivity index (χ1v) is 46.6. The first kappa shape index (κ1) is 119. The lowest BCUT2D eigenvalue weighted by Gasteiger charge is -2.52. The van der Waals surface area contributed by atoms with Gasteiger partial charge in [-0.1, -0.05) is 0 Å². The van der Waals surface area contributed by atoms with Gasteiger partial charge >= 0.3 is 0 Å². The smallest absolute Gasteiger partial charge is 0.217 e. The molecule has 0 aromatic carbocycles. The Hall–Kier alpha value is -4.32. The van der Waals surface area contributed by atoms with Gasteiger partial charge in [0.25, 0.3) is 0 Å². The Kier molecular flexibility index (Phi) is 43.4. The first-order chi connectivity index (χ1) is 68.7. The third kappa shape index (κ3) is 26.7. The van der Waals surface area contributed by atoms with Crippen LogP contribution in [0.5, 0.6) is 0 Å². The number of methoxy groups -OCH3 is 3. The zero-order valence-electron chi connectivity index (χ0n) is 79.1. The van der Waals surface area contributed by atoms with Gasteiger partial charge in [-0.05, 0) is 6.92 Å². The van der Waals surface area contributed by atoms with Crippen LogP contribution in [0.15, 0.2) is 0 Å². The number of ether oxygens (including phenoxy) is 26. The van der Waals surface area contributed by atoms with Gasteiger partial charge in [-0.2, -0.15) is 0 Å². The molecule has 0 aromatic rings. The summed E-state index contributed by atoms with van der Waals surface area (Å²) in [5, 5.41) is 339. The zero-order chi connectivity index (χ0) is 106. The summed E-state index contributed by atoms with van der Waals surface area (Å²) < 4.78 is 156. The third-order valence-corrected chi connectivity index (χ3v) is 26.9. The molecule has 0 saturated carbocycles. The van der Waals surface area contributed by atoms with Crippen LogP contribution in [-0.2, 0) is 142 Å². The second kappa shape index (κ2) is 52.7. The summed E-state index contributed by atoms with van der Waals surface area (Å²) in [7, 11) is 3.26. The fourth-order valence-electron chi connectivity index (χ4n) is 19.0. The quantitative estimate of drug-likeness (QED) is 0.0272. The van der Waals surface area contributed by atoms with Crippen LogP contribution in [0.4, 0.5) is 0 Å². The van der Waals surface area contributed by atoms with Crippen molar-refractivity contribution in [2.75, 3.05) is 94.0 Å². The van der Waals surface area contributed by atoms with Gasteiger partial charge in [0, 0.05) is 49.0 Å². The van der Waals surface area contributed by atoms with Gasteiger partial charge in [-0.3, -0.25) is 19.2 Å². The molecular weight excluding hydrogens is 1980 g/mol. The van der Waals surface area contributed by atoms with Crippen molar-refractivity contribution >= 4 is 23.6 Å². The van der Waals surface area contributed by atoms with Crippen LogP contribution in [0.25, 0.3) is 0 Å². The summed E-state index contributed by atoms with van der Waals surface area (Å²) in [6.07, 6.45) is -112. The molecule has 840 valence electrons. The molecule has 63 heteroatoms. The fraction of sp³-hybridized carbons (Fsp3) is 0.951. The fourth-order valence-corrected chi connectivity index (χ4v) is 19.0. The van der Waals surface area contributed by atoms with E-state index in [2.05, 4.69) is 21.3 Å². The van der Waals surface area contributed by atoms with Crippen LogP contribution in [0.1, 0.15) is 34.6 Å². The van der Waals surface area contributed by atoms with Crippen molar-refractivity contribution in [3.05, 3.63) is 0 Å². The number of carbonyl (C=O) groups excluding carboxylic acids is 4. The lowest BCUT2D eigenvalue weighted by molar-refractivity contribution is -0.405. The maximum Gasteiger partial charge on any atom is 0.217 e. The number of aliphatic hydroxyl groups excluding tert-OH is 29. The van der Waals surface area contributed by atoms with Gasteiger partial charge in [-0.25, -0.2) is 0 Å². The highest BCUT2D eigenvalue weighted by Gasteiger charge is 2.63. The number of amides is 4. The predicted octanol–water partition coefficient (Wildman–Crippen LogP) is -23.0. The Labute approximate surface area is 823 Å². The molecule has 12 saturated heterocycles. The van der Waals surface area contributed by atoms with E-state index in [1.807, 2.05) is 0 Å². The molecule has 1 unspecified atom stereocenters. The summed E-state index contributed by atoms with van der Waals surface area (Å²) in [5.41, 5.74) is 0. The summed E-state index contributed by atoms with van der Waals surface area (Å²) in [4.78, 5) is 53.2. The van der Waals surface area contributed by atoms with E-state index in [-0.39, 0.29) is 0 Å². The first-order valence-electron chi connectivity index (χ1n) is 46.6. The normalized spacial score (nSPS) is 49.6. The Balaban J connectivity index is 0.858. The minimum absolute atomic E-state index is 0.805. The van der Waals surface area contributed by atoms with E-state index in [4.69, 9.17) is 123 Å². The molecule has 12 aliphatic rings. The van der Waals surface area contributed by atoms with E-state index in [1.54, 1.807) is 0 Å². The number of aliphatic hydroxyl groups is 29. The van der Waals surface area contributed by atoms with E-state index in [0.717, 1.165) is 49.0 Å². The molecule has 33 N–H and O–H groups in total. The molecule has 0 aliphatic carbocycles. The minimum Gasteiger partial charge on any atom is -0.394 e. The second-order valence-corrected chi connectivity index (χ2v) is 36.9. The Morgan fingerprint density at radius 2 is 0.531 bits per heavy atom. The Bertz CT molecular complexity index is 3980. The Morgan fingerprint density at radius 1 is 0.234 bits per heavy atom. The molecule has 0 spiro atoms. The van der Waals surface area contributed by atoms with Crippen molar-refractivity contribution in [2.24, 2.45) is 0 Å². The van der Waals surface area contributed by atoms with Gasteiger partial charge in [0.15, 0.2) is 75.5 Å². The van der Waals surface area contributed by atoms with Crippen LogP contribution in [0.3, 0.4) is 0 Å². The van der Waals surface area contributed by atoms with Crippen molar-refractivity contribution < 1.29 is 290 Å². The largest absolute Gasteiger partial charge is 0.394 e. The molecule has 4 amide bonds. The van der Waals surface area contributed by atoms with E-state index in [1.165, 1.54) is 6.92 Å². The van der Waals surface area contributed by atoms with Gasteiger partial charge in [-0.15, -0.1) is 0 Å².